The first-order chi connectivity index (χ1) is 10.9. The third-order valence-corrected chi connectivity index (χ3v) is 4.36. The number of anilines is 1. The Morgan fingerprint density at radius 2 is 1.91 bits per heavy atom. The van der Waals surface area contributed by atoms with Crippen molar-refractivity contribution in [3.8, 4) is 0 Å². The Balaban J connectivity index is 1.86. The highest BCUT2D eigenvalue weighted by molar-refractivity contribution is 5.46. The first-order valence-corrected chi connectivity index (χ1v) is 7.56. The van der Waals surface area contributed by atoms with Crippen LogP contribution in [0.4, 0.5) is 5.82 Å². The molecule has 2 aliphatic rings. The van der Waals surface area contributed by atoms with Crippen LogP contribution in [0.5, 0.6) is 0 Å². The van der Waals surface area contributed by atoms with Crippen molar-refractivity contribution in [2.24, 2.45) is 0 Å². The maximum absolute atomic E-state index is 12.3. The maximum Gasteiger partial charge on any atom is 0.351 e. The van der Waals surface area contributed by atoms with E-state index in [2.05, 4.69) is 4.98 Å². The lowest BCUT2D eigenvalue weighted by molar-refractivity contribution is -0.0459. The van der Waals surface area contributed by atoms with Gasteiger partial charge in [0.15, 0.2) is 0 Å². The summed E-state index contributed by atoms with van der Waals surface area (Å²) in [6.07, 6.45) is -2.17. The Bertz CT molecular complexity index is 625. The number of aliphatic hydroxyl groups excluding tert-OH is 4. The molecule has 3 heterocycles. The van der Waals surface area contributed by atoms with Gasteiger partial charge in [-0.1, -0.05) is 0 Å². The number of ether oxygens (including phenoxy) is 1. The van der Waals surface area contributed by atoms with Gasteiger partial charge in [-0.05, 0) is 6.92 Å². The van der Waals surface area contributed by atoms with Crippen molar-refractivity contribution >= 4 is 5.82 Å². The molecule has 0 saturated carbocycles. The zero-order valence-electron chi connectivity index (χ0n) is 12.7. The molecule has 0 spiro atoms. The molecule has 0 amide bonds. The second-order valence-corrected chi connectivity index (χ2v) is 6.09. The number of aliphatic hydroxyl groups is 4. The smallest absolute Gasteiger partial charge is 0.351 e. The Labute approximate surface area is 132 Å². The summed E-state index contributed by atoms with van der Waals surface area (Å²) in [7, 11) is 0. The minimum Gasteiger partial charge on any atom is -0.394 e. The molecule has 128 valence electrons. The van der Waals surface area contributed by atoms with E-state index in [4.69, 9.17) is 9.84 Å². The van der Waals surface area contributed by atoms with E-state index in [1.807, 2.05) is 0 Å². The average Bonchev–Trinajstić information content (AvgIpc) is 3.04. The molecule has 9 nitrogen and oxygen atoms in total. The lowest BCUT2D eigenvalue weighted by atomic mass is 10.2. The van der Waals surface area contributed by atoms with Crippen LogP contribution >= 0.6 is 0 Å². The van der Waals surface area contributed by atoms with Gasteiger partial charge in [-0.25, -0.2) is 4.79 Å². The third-order valence-electron chi connectivity index (χ3n) is 4.36. The molecule has 3 rings (SSSR count). The van der Waals surface area contributed by atoms with Crippen molar-refractivity contribution < 1.29 is 25.2 Å². The van der Waals surface area contributed by atoms with Crippen molar-refractivity contribution in [1.82, 2.24) is 9.55 Å². The molecular formula is C14H21N3O6. The van der Waals surface area contributed by atoms with Crippen LogP contribution in [-0.4, -0.2) is 74.1 Å². The molecule has 5 atom stereocenters. The molecule has 0 aliphatic carbocycles. The Hall–Kier alpha value is -1.52. The van der Waals surface area contributed by atoms with Gasteiger partial charge in [0, 0.05) is 31.3 Å². The predicted molar refractivity (Wildman–Crippen MR) is 79.1 cm³/mol. The molecule has 1 aromatic heterocycles. The fourth-order valence-electron chi connectivity index (χ4n) is 3.08. The van der Waals surface area contributed by atoms with Gasteiger partial charge in [-0.15, -0.1) is 0 Å². The van der Waals surface area contributed by atoms with Crippen LogP contribution in [0, 0.1) is 6.92 Å². The van der Waals surface area contributed by atoms with E-state index in [9.17, 15) is 20.1 Å². The molecule has 9 heteroatoms. The summed E-state index contributed by atoms with van der Waals surface area (Å²) in [5.74, 6) is 0.416. The third kappa shape index (κ3) is 2.98. The first kappa shape index (κ1) is 16.3. The van der Waals surface area contributed by atoms with Crippen molar-refractivity contribution in [2.75, 3.05) is 24.6 Å². The van der Waals surface area contributed by atoms with Crippen LogP contribution in [-0.2, 0) is 4.74 Å². The van der Waals surface area contributed by atoms with Crippen LogP contribution in [0.1, 0.15) is 18.2 Å². The number of hydrogen-bond donors (Lipinski definition) is 4. The minimum absolute atomic E-state index is 0.201. The molecule has 0 aromatic carbocycles. The molecule has 4 N–H and O–H groups in total. The normalized spacial score (nSPS) is 34.3. The summed E-state index contributed by atoms with van der Waals surface area (Å²) in [4.78, 5) is 18.0. The molecule has 23 heavy (non-hydrogen) atoms. The summed E-state index contributed by atoms with van der Waals surface area (Å²) in [5, 5.41) is 38.2. The van der Waals surface area contributed by atoms with Crippen molar-refractivity contribution in [1.29, 1.82) is 0 Å². The fraction of sp³-hybridized carbons (Fsp3) is 0.714. The Kier molecular flexibility index (Phi) is 4.39. The van der Waals surface area contributed by atoms with Crippen molar-refractivity contribution in [3.05, 3.63) is 22.2 Å². The Morgan fingerprint density at radius 3 is 2.48 bits per heavy atom. The van der Waals surface area contributed by atoms with Gasteiger partial charge in [0.1, 0.15) is 18.1 Å². The molecule has 2 aliphatic heterocycles. The van der Waals surface area contributed by atoms with Gasteiger partial charge in [0.25, 0.3) is 0 Å². The van der Waals surface area contributed by atoms with Gasteiger partial charge in [0.05, 0.1) is 24.9 Å². The van der Waals surface area contributed by atoms with E-state index in [0.717, 1.165) is 0 Å². The minimum atomic E-state index is -0.864. The summed E-state index contributed by atoms with van der Waals surface area (Å²) < 4.78 is 6.77. The van der Waals surface area contributed by atoms with Gasteiger partial charge in [-0.2, -0.15) is 4.98 Å². The van der Waals surface area contributed by atoms with Crippen LogP contribution in [0.2, 0.25) is 0 Å². The summed E-state index contributed by atoms with van der Waals surface area (Å²) >= 11 is 0. The molecule has 0 radical (unpaired) electrons. The van der Waals surface area contributed by atoms with Crippen molar-refractivity contribution in [2.45, 2.75) is 44.0 Å². The second kappa shape index (κ2) is 6.17. The number of hydrogen-bond acceptors (Lipinski definition) is 8. The SMILES string of the molecule is Cc1cn([C@H]2C[C@@H](O)[C@@H](CO)O2)c(=O)nc1N1C[C@H](O)[C@@H](O)C1. The van der Waals surface area contributed by atoms with Crippen LogP contribution in [0.3, 0.4) is 0 Å². The number of β-amino-alcohol motifs (C(OH)–C–C–N with tert-alkyl or cyclic N) is 2. The highest BCUT2D eigenvalue weighted by Gasteiger charge is 2.36. The van der Waals surface area contributed by atoms with E-state index in [0.29, 0.717) is 11.4 Å². The molecule has 2 fully saturated rings. The number of aromatic nitrogens is 2. The lowest BCUT2D eigenvalue weighted by Gasteiger charge is -2.21. The van der Waals surface area contributed by atoms with Crippen LogP contribution < -0.4 is 10.6 Å². The highest BCUT2D eigenvalue weighted by Crippen LogP contribution is 2.28. The molecule has 2 saturated heterocycles. The van der Waals surface area contributed by atoms with Gasteiger partial charge < -0.3 is 30.1 Å². The van der Waals surface area contributed by atoms with E-state index in [-0.39, 0.29) is 26.1 Å². The zero-order valence-corrected chi connectivity index (χ0v) is 12.7. The lowest BCUT2D eigenvalue weighted by Crippen LogP contribution is -2.32. The van der Waals surface area contributed by atoms with Gasteiger partial charge >= 0.3 is 5.69 Å². The van der Waals surface area contributed by atoms with Crippen LogP contribution in [0.15, 0.2) is 11.0 Å². The highest BCUT2D eigenvalue weighted by atomic mass is 16.5. The number of rotatable bonds is 3. The average molecular weight is 327 g/mol. The topological polar surface area (TPSA) is 128 Å². The number of nitrogens with zero attached hydrogens (tertiary/aromatic N) is 3. The van der Waals surface area contributed by atoms with E-state index >= 15 is 0 Å². The predicted octanol–water partition coefficient (Wildman–Crippen LogP) is -2.27. The fourth-order valence-corrected chi connectivity index (χ4v) is 3.08. The van der Waals surface area contributed by atoms with E-state index in [1.165, 1.54) is 4.57 Å². The molecule has 0 unspecified atom stereocenters. The molecule has 0 bridgehead atoms. The first-order valence-electron chi connectivity index (χ1n) is 7.56. The Morgan fingerprint density at radius 1 is 1.26 bits per heavy atom. The number of aryl methyl sites for hydroxylation is 1. The second-order valence-electron chi connectivity index (χ2n) is 6.09. The summed E-state index contributed by atoms with van der Waals surface area (Å²) in [5.41, 5.74) is 0.147. The summed E-state index contributed by atoms with van der Waals surface area (Å²) in [6, 6.07) is 0. The molecular weight excluding hydrogens is 306 g/mol. The standard InChI is InChI=1S/C14H21N3O6/c1-7-3-17(12-2-8(19)11(6-18)23-12)14(22)15-13(7)16-4-9(20)10(21)5-16/h3,8-12,18-21H,2,4-6H2,1H3/t8-,9+,10+,11-,12-/m1/s1. The van der Waals surface area contributed by atoms with Crippen molar-refractivity contribution in [3.63, 3.8) is 0 Å². The largest absolute Gasteiger partial charge is 0.394 e. The maximum atomic E-state index is 12.3. The van der Waals surface area contributed by atoms with E-state index in [1.54, 1.807) is 18.0 Å². The summed E-state index contributed by atoms with van der Waals surface area (Å²) in [6.45, 7) is 1.87. The van der Waals surface area contributed by atoms with E-state index < -0.39 is 36.3 Å². The van der Waals surface area contributed by atoms with Crippen LogP contribution in [0.25, 0.3) is 0 Å². The monoisotopic (exact) mass is 327 g/mol. The molecule has 1 aromatic rings. The quantitative estimate of drug-likeness (QED) is 0.489. The van der Waals surface area contributed by atoms with Gasteiger partial charge in [-0.3, -0.25) is 4.57 Å². The van der Waals surface area contributed by atoms with Gasteiger partial charge in [0.2, 0.25) is 0 Å². The zero-order chi connectivity index (χ0) is 16.7.